The van der Waals surface area contributed by atoms with Gasteiger partial charge in [-0.15, -0.1) is 5.10 Å². The van der Waals surface area contributed by atoms with Gasteiger partial charge in [-0.3, -0.25) is 14.3 Å². The van der Waals surface area contributed by atoms with Crippen LogP contribution in [-0.2, 0) is 11.3 Å². The number of benzene rings is 1. The average molecular weight is 344 g/mol. The second kappa shape index (κ2) is 8.86. The Bertz CT molecular complexity index is 722. The van der Waals surface area contributed by atoms with Crippen molar-refractivity contribution in [1.82, 2.24) is 9.78 Å². The first-order chi connectivity index (χ1) is 12.0. The van der Waals surface area contributed by atoms with Crippen LogP contribution in [0.5, 0.6) is 5.88 Å². The Morgan fingerprint density at radius 2 is 1.72 bits per heavy atom. The summed E-state index contributed by atoms with van der Waals surface area (Å²) in [7, 11) is 0. The third-order valence-electron chi connectivity index (χ3n) is 3.33. The molecule has 2 aromatic rings. The van der Waals surface area contributed by atoms with Crippen LogP contribution < -0.4 is 15.4 Å². The van der Waals surface area contributed by atoms with Crippen molar-refractivity contribution >= 4 is 23.2 Å². The molecule has 134 valence electrons. The van der Waals surface area contributed by atoms with Crippen molar-refractivity contribution in [3.63, 3.8) is 0 Å². The van der Waals surface area contributed by atoms with Gasteiger partial charge in [-0.1, -0.05) is 13.8 Å². The number of carbonyl (C=O) groups excluding carboxylic acids is 2. The molecule has 25 heavy (non-hydrogen) atoms. The first-order valence-electron chi connectivity index (χ1n) is 8.42. The van der Waals surface area contributed by atoms with Gasteiger partial charge in [-0.2, -0.15) is 0 Å². The largest absolute Gasteiger partial charge is 0.476 e. The molecule has 7 nitrogen and oxygen atoms in total. The van der Waals surface area contributed by atoms with Crippen LogP contribution in [0.15, 0.2) is 30.5 Å². The predicted octanol–water partition coefficient (Wildman–Crippen LogP) is 3.29. The summed E-state index contributed by atoms with van der Waals surface area (Å²) in [6.07, 6.45) is 3.46. The summed E-state index contributed by atoms with van der Waals surface area (Å²) in [6.45, 7) is 6.72. The summed E-state index contributed by atoms with van der Waals surface area (Å²) in [4.78, 5) is 23.6. The van der Waals surface area contributed by atoms with Gasteiger partial charge < -0.3 is 15.4 Å². The van der Waals surface area contributed by atoms with E-state index in [0.29, 0.717) is 29.4 Å². The Hall–Kier alpha value is -2.83. The average Bonchev–Trinajstić information content (AvgIpc) is 2.97. The van der Waals surface area contributed by atoms with E-state index in [-0.39, 0.29) is 11.8 Å². The predicted molar refractivity (Wildman–Crippen MR) is 97.0 cm³/mol. The number of aryl methyl sites for hydroxylation is 1. The highest BCUT2D eigenvalue weighted by molar-refractivity contribution is 6.05. The number of amides is 2. The highest BCUT2D eigenvalue weighted by Gasteiger charge is 2.18. The van der Waals surface area contributed by atoms with Crippen LogP contribution in [0.3, 0.4) is 0 Å². The molecule has 2 rings (SSSR count). The number of hydrogen-bond acceptors (Lipinski definition) is 4. The molecular formula is C18H24N4O3. The lowest BCUT2D eigenvalue weighted by atomic mass is 10.2. The van der Waals surface area contributed by atoms with E-state index in [9.17, 15) is 9.59 Å². The van der Waals surface area contributed by atoms with Crippen molar-refractivity contribution in [3.05, 3.63) is 36.0 Å². The molecule has 0 aliphatic carbocycles. The number of ether oxygens (including phenoxy) is 1. The summed E-state index contributed by atoms with van der Waals surface area (Å²) in [5, 5.41) is 9.84. The normalized spacial score (nSPS) is 10.4. The lowest BCUT2D eigenvalue weighted by Crippen LogP contribution is -2.13. The van der Waals surface area contributed by atoms with Crippen LogP contribution >= 0.6 is 0 Å². The number of rotatable bonds is 8. The molecule has 1 aromatic carbocycles. The second-order valence-electron chi connectivity index (χ2n) is 5.67. The van der Waals surface area contributed by atoms with Crippen molar-refractivity contribution in [2.24, 2.45) is 0 Å². The summed E-state index contributed by atoms with van der Waals surface area (Å²) in [5.41, 5.74) is 1.71. The maximum absolute atomic E-state index is 12.6. The first-order valence-corrected chi connectivity index (χ1v) is 8.42. The topological polar surface area (TPSA) is 85.2 Å². The van der Waals surface area contributed by atoms with E-state index in [0.717, 1.165) is 19.4 Å². The lowest BCUT2D eigenvalue weighted by Gasteiger charge is -2.07. The third-order valence-corrected chi connectivity index (χ3v) is 3.33. The minimum atomic E-state index is -0.277. The van der Waals surface area contributed by atoms with Gasteiger partial charge in [0.15, 0.2) is 0 Å². The monoisotopic (exact) mass is 344 g/mol. The smallest absolute Gasteiger partial charge is 0.262 e. The van der Waals surface area contributed by atoms with Gasteiger partial charge in [0, 0.05) is 31.0 Å². The van der Waals surface area contributed by atoms with Gasteiger partial charge in [0.25, 0.3) is 5.91 Å². The standard InChI is InChI=1S/C18H24N4O3/c1-4-10-22-12-16(18(21-22)25-11-5-2)17(24)20-15-8-6-14(7-9-15)19-13(3)23/h6-9,12H,4-5,10-11H2,1-3H3,(H,19,23)(H,20,24). The van der Waals surface area contributed by atoms with Gasteiger partial charge in [-0.05, 0) is 37.1 Å². The van der Waals surface area contributed by atoms with Crippen molar-refractivity contribution in [3.8, 4) is 5.88 Å². The Morgan fingerprint density at radius 1 is 1.08 bits per heavy atom. The fourth-order valence-corrected chi connectivity index (χ4v) is 2.25. The number of carbonyl (C=O) groups is 2. The number of nitrogens with one attached hydrogen (secondary N) is 2. The Kier molecular flexibility index (Phi) is 6.56. The fraction of sp³-hybridized carbons (Fsp3) is 0.389. The first kappa shape index (κ1) is 18.5. The van der Waals surface area contributed by atoms with Crippen molar-refractivity contribution in [1.29, 1.82) is 0 Å². The zero-order valence-electron chi connectivity index (χ0n) is 14.8. The SMILES string of the molecule is CCCOc1nn(CCC)cc1C(=O)Nc1ccc(NC(C)=O)cc1. The third kappa shape index (κ3) is 5.34. The Labute approximate surface area is 147 Å². The highest BCUT2D eigenvalue weighted by Crippen LogP contribution is 2.20. The van der Waals surface area contributed by atoms with Gasteiger partial charge in [0.2, 0.25) is 11.8 Å². The van der Waals surface area contributed by atoms with Crippen molar-refractivity contribution < 1.29 is 14.3 Å². The van der Waals surface area contributed by atoms with Gasteiger partial charge in [-0.25, -0.2) is 0 Å². The van der Waals surface area contributed by atoms with E-state index in [1.54, 1.807) is 35.1 Å². The summed E-state index contributed by atoms with van der Waals surface area (Å²) in [6, 6.07) is 6.91. The molecule has 0 aliphatic rings. The minimum absolute atomic E-state index is 0.141. The van der Waals surface area contributed by atoms with Crippen molar-refractivity contribution in [2.45, 2.75) is 40.2 Å². The molecule has 0 radical (unpaired) electrons. The molecule has 0 atom stereocenters. The van der Waals surface area contributed by atoms with Gasteiger partial charge in [0.1, 0.15) is 5.56 Å². The molecule has 0 saturated carbocycles. The highest BCUT2D eigenvalue weighted by atomic mass is 16.5. The van der Waals surface area contributed by atoms with Crippen LogP contribution in [0.25, 0.3) is 0 Å². The van der Waals surface area contributed by atoms with E-state index in [2.05, 4.69) is 15.7 Å². The molecular weight excluding hydrogens is 320 g/mol. The van der Waals surface area contributed by atoms with Crippen LogP contribution in [0.2, 0.25) is 0 Å². The molecule has 0 saturated heterocycles. The molecule has 2 N–H and O–H groups in total. The van der Waals surface area contributed by atoms with E-state index in [1.165, 1.54) is 6.92 Å². The zero-order chi connectivity index (χ0) is 18.2. The summed E-state index contributed by atoms with van der Waals surface area (Å²) < 4.78 is 7.32. The maximum Gasteiger partial charge on any atom is 0.262 e. The van der Waals surface area contributed by atoms with Crippen LogP contribution in [-0.4, -0.2) is 28.2 Å². The molecule has 7 heteroatoms. The molecule has 0 aliphatic heterocycles. The van der Waals surface area contributed by atoms with E-state index < -0.39 is 0 Å². The lowest BCUT2D eigenvalue weighted by molar-refractivity contribution is -0.114. The summed E-state index contributed by atoms with van der Waals surface area (Å²) >= 11 is 0. The number of nitrogens with zero attached hydrogens (tertiary/aromatic N) is 2. The molecule has 0 spiro atoms. The number of anilines is 2. The van der Waals surface area contributed by atoms with Crippen LogP contribution in [0, 0.1) is 0 Å². The Morgan fingerprint density at radius 3 is 2.28 bits per heavy atom. The zero-order valence-corrected chi connectivity index (χ0v) is 14.8. The van der Waals surface area contributed by atoms with Gasteiger partial charge in [0.05, 0.1) is 6.61 Å². The summed E-state index contributed by atoms with van der Waals surface area (Å²) in [5.74, 6) is -0.0683. The molecule has 1 heterocycles. The quantitative estimate of drug-likeness (QED) is 0.769. The minimum Gasteiger partial charge on any atom is -0.476 e. The molecule has 0 fully saturated rings. The molecule has 1 aromatic heterocycles. The van der Waals surface area contributed by atoms with E-state index in [1.807, 2.05) is 13.8 Å². The van der Waals surface area contributed by atoms with Crippen LogP contribution in [0.4, 0.5) is 11.4 Å². The second-order valence-corrected chi connectivity index (χ2v) is 5.67. The molecule has 0 bridgehead atoms. The molecule has 2 amide bonds. The molecule has 0 unspecified atom stereocenters. The number of aromatic nitrogens is 2. The van der Waals surface area contributed by atoms with Gasteiger partial charge >= 0.3 is 0 Å². The van der Waals surface area contributed by atoms with E-state index in [4.69, 9.17) is 4.74 Å². The van der Waals surface area contributed by atoms with E-state index >= 15 is 0 Å². The van der Waals surface area contributed by atoms with Crippen LogP contribution in [0.1, 0.15) is 44.0 Å². The maximum atomic E-state index is 12.6. The Balaban J connectivity index is 2.12. The fourth-order valence-electron chi connectivity index (χ4n) is 2.25. The van der Waals surface area contributed by atoms with Crippen molar-refractivity contribution in [2.75, 3.05) is 17.2 Å². The number of hydrogen-bond donors (Lipinski definition) is 2.